The van der Waals surface area contributed by atoms with Crippen LogP contribution in [0.4, 0.5) is 0 Å². The van der Waals surface area contributed by atoms with Crippen molar-refractivity contribution in [2.45, 2.75) is 0 Å². The van der Waals surface area contributed by atoms with Gasteiger partial charge in [0, 0.05) is 39.7 Å². The highest BCUT2D eigenvalue weighted by Crippen LogP contribution is 2.44. The lowest BCUT2D eigenvalue weighted by Crippen LogP contribution is -1.84. The molecule has 0 amide bonds. The average molecular weight is 577 g/mol. The van der Waals surface area contributed by atoms with Crippen LogP contribution in [0, 0.1) is 0 Å². The number of rotatable bonds is 3. The van der Waals surface area contributed by atoms with E-state index in [0.29, 0.717) is 0 Å². The normalized spacial score (nSPS) is 12.0. The van der Waals surface area contributed by atoms with Crippen LogP contribution in [-0.2, 0) is 0 Å². The first-order valence-electron chi connectivity index (χ1n) is 15.1. The van der Waals surface area contributed by atoms with Gasteiger partial charge >= 0.3 is 0 Å². The molecule has 0 spiro atoms. The first-order chi connectivity index (χ1) is 22.3. The quantitative estimate of drug-likeness (QED) is 0.210. The average Bonchev–Trinajstić information content (AvgIpc) is 3.81. The van der Waals surface area contributed by atoms with Crippen LogP contribution in [0.25, 0.3) is 93.8 Å². The summed E-state index contributed by atoms with van der Waals surface area (Å²) in [6.45, 7) is 0. The molecule has 0 aliphatic rings. The number of hydrogen-bond acceptors (Lipinski definition) is 3. The van der Waals surface area contributed by atoms with Gasteiger partial charge in [-0.1, -0.05) is 84.9 Å². The van der Waals surface area contributed by atoms with Gasteiger partial charge in [-0.2, -0.15) is 0 Å². The summed E-state index contributed by atoms with van der Waals surface area (Å²) in [5, 5.41) is 6.65. The van der Waals surface area contributed by atoms with E-state index in [4.69, 9.17) is 13.8 Å². The number of para-hydroxylation sites is 2. The van der Waals surface area contributed by atoms with E-state index in [9.17, 15) is 0 Å². The Bertz CT molecular complexity index is 2740. The lowest BCUT2D eigenvalue weighted by atomic mass is 9.95. The van der Waals surface area contributed by atoms with Gasteiger partial charge in [0.15, 0.2) is 0 Å². The molecule has 210 valence electrons. The number of imidazole rings is 1. The van der Waals surface area contributed by atoms with Crippen molar-refractivity contribution in [3.8, 4) is 33.5 Å². The van der Waals surface area contributed by atoms with Crippen LogP contribution >= 0.6 is 0 Å². The van der Waals surface area contributed by atoms with Crippen molar-refractivity contribution in [3.63, 3.8) is 0 Å². The third-order valence-corrected chi connectivity index (χ3v) is 9.00. The van der Waals surface area contributed by atoms with Crippen LogP contribution in [0.3, 0.4) is 0 Å². The van der Waals surface area contributed by atoms with Crippen molar-refractivity contribution >= 4 is 60.3 Å². The molecule has 0 bridgehead atoms. The van der Waals surface area contributed by atoms with Gasteiger partial charge in [0.2, 0.25) is 0 Å². The van der Waals surface area contributed by atoms with Crippen molar-refractivity contribution in [1.82, 2.24) is 9.38 Å². The van der Waals surface area contributed by atoms with Crippen molar-refractivity contribution in [3.05, 3.63) is 146 Å². The lowest BCUT2D eigenvalue weighted by molar-refractivity contribution is 0.663. The molecular formula is C41H24N2O2. The number of furan rings is 2. The number of pyridine rings is 1. The van der Waals surface area contributed by atoms with Crippen molar-refractivity contribution in [2.75, 3.05) is 0 Å². The molecule has 10 rings (SSSR count). The molecule has 0 saturated heterocycles. The van der Waals surface area contributed by atoms with E-state index in [2.05, 4.69) is 102 Å². The first kappa shape index (κ1) is 24.3. The van der Waals surface area contributed by atoms with E-state index in [1.54, 1.807) is 0 Å². The highest BCUT2D eigenvalue weighted by molar-refractivity contribution is 6.25. The number of hydrogen-bond donors (Lipinski definition) is 0. The molecule has 0 N–H and O–H groups in total. The van der Waals surface area contributed by atoms with Gasteiger partial charge in [0.05, 0.1) is 11.1 Å². The Balaban J connectivity index is 1.11. The molecule has 0 radical (unpaired) electrons. The summed E-state index contributed by atoms with van der Waals surface area (Å²) in [6.07, 6.45) is 4.11. The summed E-state index contributed by atoms with van der Waals surface area (Å²) in [5.41, 5.74) is 11.0. The number of nitrogens with zero attached hydrogens (tertiary/aromatic N) is 2. The third kappa shape index (κ3) is 3.69. The lowest BCUT2D eigenvalue weighted by Gasteiger charge is -2.09. The van der Waals surface area contributed by atoms with Crippen LogP contribution < -0.4 is 0 Å². The Kier molecular flexibility index (Phi) is 4.96. The van der Waals surface area contributed by atoms with Crippen LogP contribution in [-0.4, -0.2) is 9.38 Å². The number of benzene rings is 6. The minimum absolute atomic E-state index is 0.850. The molecule has 6 aromatic carbocycles. The van der Waals surface area contributed by atoms with E-state index >= 15 is 0 Å². The predicted octanol–water partition coefficient (Wildman–Crippen LogP) is 11.3. The minimum Gasteiger partial charge on any atom is -0.455 e. The molecule has 0 fully saturated rings. The molecule has 10 aromatic rings. The SMILES string of the molecule is c1cc(-c2ccc3cc(-c4cc5c6ccccc6oc5c5c4oc4ccccc45)ccc3c2)cc(-c2cn3ccccc3n2)c1. The Morgan fingerprint density at radius 3 is 2.04 bits per heavy atom. The molecular weight excluding hydrogens is 552 g/mol. The maximum Gasteiger partial charge on any atom is 0.147 e. The Morgan fingerprint density at radius 2 is 1.18 bits per heavy atom. The van der Waals surface area contributed by atoms with Crippen LogP contribution in [0.5, 0.6) is 0 Å². The van der Waals surface area contributed by atoms with Gasteiger partial charge in [0.25, 0.3) is 0 Å². The molecule has 45 heavy (non-hydrogen) atoms. The molecule has 4 aromatic heterocycles. The van der Waals surface area contributed by atoms with Crippen LogP contribution in [0.1, 0.15) is 0 Å². The fraction of sp³-hybridized carbons (Fsp3) is 0. The summed E-state index contributed by atoms with van der Waals surface area (Å²) < 4.78 is 15.0. The fourth-order valence-electron chi connectivity index (χ4n) is 6.80. The fourth-order valence-corrected chi connectivity index (χ4v) is 6.80. The summed E-state index contributed by atoms with van der Waals surface area (Å²) in [4.78, 5) is 4.82. The largest absolute Gasteiger partial charge is 0.455 e. The highest BCUT2D eigenvalue weighted by atomic mass is 16.3. The molecule has 0 unspecified atom stereocenters. The van der Waals surface area contributed by atoms with Gasteiger partial charge in [-0.3, -0.25) is 0 Å². The summed E-state index contributed by atoms with van der Waals surface area (Å²) in [5.74, 6) is 0. The monoisotopic (exact) mass is 576 g/mol. The Labute approximate surface area is 257 Å². The summed E-state index contributed by atoms with van der Waals surface area (Å²) in [7, 11) is 0. The minimum atomic E-state index is 0.850. The second-order valence-corrected chi connectivity index (χ2v) is 11.7. The van der Waals surface area contributed by atoms with E-state index in [1.807, 2.05) is 48.7 Å². The smallest absolute Gasteiger partial charge is 0.147 e. The van der Waals surface area contributed by atoms with E-state index in [1.165, 1.54) is 16.3 Å². The molecule has 0 saturated carbocycles. The maximum absolute atomic E-state index is 6.53. The Morgan fingerprint density at radius 1 is 0.489 bits per heavy atom. The van der Waals surface area contributed by atoms with Gasteiger partial charge in [-0.15, -0.1) is 0 Å². The van der Waals surface area contributed by atoms with E-state index < -0.39 is 0 Å². The Hall–Kier alpha value is -6.13. The zero-order chi connectivity index (χ0) is 29.5. The van der Waals surface area contributed by atoms with Crippen LogP contribution in [0.2, 0.25) is 0 Å². The van der Waals surface area contributed by atoms with E-state index in [-0.39, 0.29) is 0 Å². The zero-order valence-electron chi connectivity index (χ0n) is 24.1. The van der Waals surface area contributed by atoms with Crippen molar-refractivity contribution < 1.29 is 8.83 Å². The van der Waals surface area contributed by atoms with Gasteiger partial charge in [-0.25, -0.2) is 4.98 Å². The highest BCUT2D eigenvalue weighted by Gasteiger charge is 2.20. The summed E-state index contributed by atoms with van der Waals surface area (Å²) in [6, 6.07) is 46.7. The molecule has 4 heterocycles. The zero-order valence-corrected chi connectivity index (χ0v) is 24.1. The summed E-state index contributed by atoms with van der Waals surface area (Å²) >= 11 is 0. The third-order valence-electron chi connectivity index (χ3n) is 9.00. The number of fused-ring (bicyclic) bond motifs is 9. The molecule has 0 atom stereocenters. The number of aromatic nitrogens is 2. The van der Waals surface area contributed by atoms with E-state index in [0.717, 1.165) is 77.5 Å². The molecule has 4 nitrogen and oxygen atoms in total. The molecule has 0 aliphatic heterocycles. The van der Waals surface area contributed by atoms with Gasteiger partial charge in [0.1, 0.15) is 28.0 Å². The molecule has 0 aliphatic carbocycles. The maximum atomic E-state index is 6.53. The second kappa shape index (κ2) is 9.18. The first-order valence-corrected chi connectivity index (χ1v) is 15.1. The predicted molar refractivity (Wildman–Crippen MR) is 184 cm³/mol. The van der Waals surface area contributed by atoms with Gasteiger partial charge < -0.3 is 13.2 Å². The van der Waals surface area contributed by atoms with Crippen molar-refractivity contribution in [1.29, 1.82) is 0 Å². The van der Waals surface area contributed by atoms with Gasteiger partial charge in [-0.05, 0) is 76.0 Å². The topological polar surface area (TPSA) is 43.6 Å². The van der Waals surface area contributed by atoms with Crippen molar-refractivity contribution in [2.24, 2.45) is 0 Å². The standard InChI is InChI=1S/C41H24N2O2/c1-3-12-36-31(10-1)34-23-33(40-39(41(34)44-36)32-11-2-4-13-37(32)45-40)29-18-17-27-20-26(15-16-28(27)21-29)25-8-7-9-30(22-25)35-24-43-19-6-5-14-38(43)42-35/h1-24H. The van der Waals surface area contributed by atoms with Crippen LogP contribution in [0.15, 0.2) is 155 Å². The second-order valence-electron chi connectivity index (χ2n) is 11.7. The molecule has 4 heteroatoms.